The number of benzene rings is 3. The summed E-state index contributed by atoms with van der Waals surface area (Å²) in [4.78, 5) is 2.56. The third-order valence-corrected chi connectivity index (χ3v) is 6.17. The molecule has 3 aromatic rings. The van der Waals surface area contributed by atoms with Crippen LogP contribution in [0.2, 0.25) is 0 Å². The first-order chi connectivity index (χ1) is 14.8. The molecule has 1 aliphatic rings. The Morgan fingerprint density at radius 2 is 1.47 bits per heavy atom. The zero-order chi connectivity index (χ0) is 20.6. The van der Waals surface area contributed by atoms with Crippen molar-refractivity contribution in [3.63, 3.8) is 0 Å². The molecule has 0 spiro atoms. The first-order valence-electron chi connectivity index (χ1n) is 10.7. The third-order valence-electron chi connectivity index (χ3n) is 5.68. The zero-order valence-electron chi connectivity index (χ0n) is 18.1. The highest BCUT2D eigenvalue weighted by Crippen LogP contribution is 2.25. The van der Waals surface area contributed by atoms with Crippen LogP contribution in [0.4, 0.5) is 0 Å². The monoisotopic (exact) mass is 536 g/mol. The summed E-state index contributed by atoms with van der Waals surface area (Å²) < 4.78 is 7.22. The predicted octanol–water partition coefficient (Wildman–Crippen LogP) is 6.63. The van der Waals surface area contributed by atoms with E-state index >= 15 is 0 Å². The van der Waals surface area contributed by atoms with Gasteiger partial charge < -0.3 is 10.1 Å². The number of halogens is 3. The van der Waals surface area contributed by atoms with Crippen molar-refractivity contribution in [3.8, 4) is 5.75 Å². The van der Waals surface area contributed by atoms with E-state index in [-0.39, 0.29) is 24.8 Å². The Kier molecular flexibility index (Phi) is 11.6. The highest BCUT2D eigenvalue weighted by Gasteiger charge is 2.19. The van der Waals surface area contributed by atoms with Gasteiger partial charge in [0.2, 0.25) is 0 Å². The van der Waals surface area contributed by atoms with Gasteiger partial charge in [-0.2, -0.15) is 0 Å². The summed E-state index contributed by atoms with van der Waals surface area (Å²) in [5.74, 6) is 0.955. The SMILES string of the molecule is Brc1ccc(OCc2ccccc2)c(CNC2CCN(Cc3ccccc3)CC2)c1.Cl.Cl. The van der Waals surface area contributed by atoms with Gasteiger partial charge in [0.1, 0.15) is 12.4 Å². The van der Waals surface area contributed by atoms with Crippen LogP contribution in [0.25, 0.3) is 0 Å². The van der Waals surface area contributed by atoms with Crippen LogP contribution < -0.4 is 10.1 Å². The second kappa shape index (κ2) is 13.9. The molecule has 0 bridgehead atoms. The fourth-order valence-corrected chi connectivity index (χ4v) is 4.36. The Bertz CT molecular complexity index is 920. The molecular formula is C26H31BrCl2N2O. The molecule has 0 radical (unpaired) electrons. The molecule has 1 fully saturated rings. The molecule has 1 N–H and O–H groups in total. The number of ether oxygens (including phenoxy) is 1. The van der Waals surface area contributed by atoms with Crippen molar-refractivity contribution < 1.29 is 4.74 Å². The molecule has 0 amide bonds. The van der Waals surface area contributed by atoms with Gasteiger partial charge in [0.05, 0.1) is 0 Å². The van der Waals surface area contributed by atoms with Crippen molar-refractivity contribution in [2.24, 2.45) is 0 Å². The molecule has 172 valence electrons. The molecule has 3 aromatic carbocycles. The van der Waals surface area contributed by atoms with Crippen LogP contribution in [-0.2, 0) is 19.7 Å². The largest absolute Gasteiger partial charge is 0.489 e. The van der Waals surface area contributed by atoms with Gasteiger partial charge in [-0.15, -0.1) is 24.8 Å². The van der Waals surface area contributed by atoms with Gasteiger partial charge in [0.25, 0.3) is 0 Å². The molecule has 0 aromatic heterocycles. The highest BCUT2D eigenvalue weighted by molar-refractivity contribution is 9.10. The molecule has 32 heavy (non-hydrogen) atoms. The van der Waals surface area contributed by atoms with Crippen LogP contribution >= 0.6 is 40.7 Å². The maximum atomic E-state index is 6.13. The third kappa shape index (κ3) is 8.09. The van der Waals surface area contributed by atoms with E-state index in [1.54, 1.807) is 0 Å². The summed E-state index contributed by atoms with van der Waals surface area (Å²) in [6.45, 7) is 4.75. The number of hydrogen-bond donors (Lipinski definition) is 1. The quantitative estimate of drug-likeness (QED) is 0.349. The molecule has 0 saturated carbocycles. The van der Waals surface area contributed by atoms with Crippen LogP contribution in [-0.4, -0.2) is 24.0 Å². The van der Waals surface area contributed by atoms with Crippen molar-refractivity contribution in [1.29, 1.82) is 0 Å². The topological polar surface area (TPSA) is 24.5 Å². The van der Waals surface area contributed by atoms with Crippen molar-refractivity contribution in [3.05, 3.63) is 100 Å². The number of rotatable bonds is 8. The average Bonchev–Trinajstić information content (AvgIpc) is 2.79. The van der Waals surface area contributed by atoms with Gasteiger partial charge in [-0.05, 0) is 55.3 Å². The average molecular weight is 538 g/mol. The molecule has 4 rings (SSSR count). The summed E-state index contributed by atoms with van der Waals surface area (Å²) in [6.07, 6.45) is 2.36. The smallest absolute Gasteiger partial charge is 0.124 e. The van der Waals surface area contributed by atoms with Gasteiger partial charge in [-0.1, -0.05) is 76.6 Å². The molecule has 3 nitrogen and oxygen atoms in total. The van der Waals surface area contributed by atoms with Crippen molar-refractivity contribution >= 4 is 40.7 Å². The second-order valence-electron chi connectivity index (χ2n) is 7.94. The van der Waals surface area contributed by atoms with E-state index in [0.717, 1.165) is 36.4 Å². The van der Waals surface area contributed by atoms with Crippen LogP contribution in [0.3, 0.4) is 0 Å². The fraction of sp³-hybridized carbons (Fsp3) is 0.308. The van der Waals surface area contributed by atoms with E-state index in [0.29, 0.717) is 12.6 Å². The molecule has 1 heterocycles. The molecule has 0 aliphatic carbocycles. The minimum Gasteiger partial charge on any atom is -0.489 e. The molecular weight excluding hydrogens is 507 g/mol. The highest BCUT2D eigenvalue weighted by atomic mass is 79.9. The van der Waals surface area contributed by atoms with E-state index in [2.05, 4.69) is 80.7 Å². The molecule has 0 atom stereocenters. The lowest BCUT2D eigenvalue weighted by atomic mass is 10.0. The lowest BCUT2D eigenvalue weighted by molar-refractivity contribution is 0.189. The van der Waals surface area contributed by atoms with Crippen LogP contribution in [0.5, 0.6) is 5.75 Å². The minimum absolute atomic E-state index is 0. The normalized spacial score (nSPS) is 14.3. The predicted molar refractivity (Wildman–Crippen MR) is 141 cm³/mol. The van der Waals surface area contributed by atoms with E-state index in [1.165, 1.54) is 29.5 Å². The van der Waals surface area contributed by atoms with Gasteiger partial charge >= 0.3 is 0 Å². The number of likely N-dealkylation sites (tertiary alicyclic amines) is 1. The summed E-state index contributed by atoms with van der Waals surface area (Å²) >= 11 is 3.61. The van der Waals surface area contributed by atoms with E-state index in [4.69, 9.17) is 4.74 Å². The maximum Gasteiger partial charge on any atom is 0.124 e. The Balaban J connectivity index is 0.00000181. The molecule has 1 aliphatic heterocycles. The van der Waals surface area contributed by atoms with Crippen LogP contribution in [0.1, 0.15) is 29.5 Å². The number of nitrogens with zero attached hydrogens (tertiary/aromatic N) is 1. The van der Waals surface area contributed by atoms with Gasteiger partial charge in [-0.3, -0.25) is 4.90 Å². The lowest BCUT2D eigenvalue weighted by Crippen LogP contribution is -2.41. The number of nitrogens with one attached hydrogen (secondary N) is 1. The summed E-state index contributed by atoms with van der Waals surface area (Å²) in [7, 11) is 0. The minimum atomic E-state index is 0. The van der Waals surface area contributed by atoms with Crippen LogP contribution in [0, 0.1) is 0 Å². The summed E-state index contributed by atoms with van der Waals surface area (Å²) in [6, 6.07) is 27.9. The first kappa shape index (κ1) is 26.7. The van der Waals surface area contributed by atoms with Crippen molar-refractivity contribution in [1.82, 2.24) is 10.2 Å². The zero-order valence-corrected chi connectivity index (χ0v) is 21.3. The van der Waals surface area contributed by atoms with Crippen molar-refractivity contribution in [2.75, 3.05) is 13.1 Å². The standard InChI is InChI=1S/C26H29BrN2O.2ClH/c27-24-11-12-26(30-20-22-9-5-2-6-10-22)23(17-24)18-28-25-13-15-29(16-14-25)19-21-7-3-1-4-8-21;;/h1-12,17,25,28H,13-16,18-20H2;2*1H. The summed E-state index contributed by atoms with van der Waals surface area (Å²) in [5, 5.41) is 3.76. The number of hydrogen-bond acceptors (Lipinski definition) is 3. The maximum absolute atomic E-state index is 6.13. The molecule has 6 heteroatoms. The number of piperidine rings is 1. The van der Waals surface area contributed by atoms with Crippen LogP contribution in [0.15, 0.2) is 83.3 Å². The second-order valence-corrected chi connectivity index (χ2v) is 8.86. The fourth-order valence-electron chi connectivity index (χ4n) is 3.95. The Hall–Kier alpha value is -1.56. The van der Waals surface area contributed by atoms with Gasteiger partial charge in [-0.25, -0.2) is 0 Å². The lowest BCUT2D eigenvalue weighted by Gasteiger charge is -2.32. The Labute approximate surface area is 212 Å². The molecule has 0 unspecified atom stereocenters. The molecule has 1 saturated heterocycles. The Morgan fingerprint density at radius 3 is 2.12 bits per heavy atom. The summed E-state index contributed by atoms with van der Waals surface area (Å²) in [5.41, 5.74) is 3.79. The van der Waals surface area contributed by atoms with E-state index in [9.17, 15) is 0 Å². The first-order valence-corrected chi connectivity index (χ1v) is 11.5. The van der Waals surface area contributed by atoms with Gasteiger partial charge in [0, 0.05) is 29.2 Å². The van der Waals surface area contributed by atoms with E-state index in [1.807, 2.05) is 24.3 Å². The van der Waals surface area contributed by atoms with Crippen molar-refractivity contribution in [2.45, 2.75) is 38.6 Å². The van der Waals surface area contributed by atoms with Gasteiger partial charge in [0.15, 0.2) is 0 Å². The Morgan fingerprint density at radius 1 is 0.844 bits per heavy atom. The van der Waals surface area contributed by atoms with E-state index < -0.39 is 0 Å².